The third-order valence-electron chi connectivity index (χ3n) is 3.18. The van der Waals surface area contributed by atoms with E-state index < -0.39 is 0 Å². The fourth-order valence-corrected chi connectivity index (χ4v) is 2.53. The molecule has 19 heavy (non-hydrogen) atoms. The van der Waals surface area contributed by atoms with Crippen molar-refractivity contribution in [2.45, 2.75) is 19.0 Å². The topological polar surface area (TPSA) is 32.3 Å². The van der Waals surface area contributed by atoms with Gasteiger partial charge in [0.25, 0.3) is 0 Å². The van der Waals surface area contributed by atoms with Crippen molar-refractivity contribution in [3.8, 4) is 0 Å². The van der Waals surface area contributed by atoms with E-state index in [1.54, 1.807) is 0 Å². The SMILES string of the molecule is CC(NC(CO)c1ccccc1)c1cccc(Br)c1. The van der Waals surface area contributed by atoms with Gasteiger partial charge in [0.2, 0.25) is 0 Å². The quantitative estimate of drug-likeness (QED) is 0.877. The van der Waals surface area contributed by atoms with Crippen LogP contribution in [0.3, 0.4) is 0 Å². The minimum Gasteiger partial charge on any atom is -0.394 e. The fourth-order valence-electron chi connectivity index (χ4n) is 2.11. The molecule has 0 fully saturated rings. The van der Waals surface area contributed by atoms with Crippen LogP contribution in [0.1, 0.15) is 30.1 Å². The lowest BCUT2D eigenvalue weighted by atomic mass is 10.0. The van der Waals surface area contributed by atoms with E-state index in [0.717, 1.165) is 10.0 Å². The zero-order valence-electron chi connectivity index (χ0n) is 10.9. The minimum atomic E-state index is -0.0461. The van der Waals surface area contributed by atoms with Crippen LogP contribution >= 0.6 is 15.9 Å². The van der Waals surface area contributed by atoms with E-state index in [0.29, 0.717) is 0 Å². The van der Waals surface area contributed by atoms with Crippen LogP contribution in [-0.4, -0.2) is 11.7 Å². The van der Waals surface area contributed by atoms with E-state index in [-0.39, 0.29) is 18.7 Å². The van der Waals surface area contributed by atoms with Crippen molar-refractivity contribution in [2.75, 3.05) is 6.61 Å². The Labute approximate surface area is 122 Å². The van der Waals surface area contributed by atoms with Crippen LogP contribution in [0.25, 0.3) is 0 Å². The van der Waals surface area contributed by atoms with Crippen molar-refractivity contribution in [1.82, 2.24) is 5.32 Å². The molecule has 0 aromatic heterocycles. The van der Waals surface area contributed by atoms with Gasteiger partial charge in [-0.3, -0.25) is 0 Å². The fraction of sp³-hybridized carbons (Fsp3) is 0.250. The molecule has 100 valence electrons. The van der Waals surface area contributed by atoms with Crippen LogP contribution in [0.5, 0.6) is 0 Å². The molecule has 0 heterocycles. The Kier molecular flexibility index (Phi) is 5.14. The molecule has 0 aliphatic carbocycles. The van der Waals surface area contributed by atoms with Crippen molar-refractivity contribution in [1.29, 1.82) is 0 Å². The van der Waals surface area contributed by atoms with Crippen molar-refractivity contribution in [3.05, 3.63) is 70.2 Å². The standard InChI is InChI=1S/C16H18BrNO/c1-12(14-8-5-9-15(17)10-14)18-16(11-19)13-6-3-2-4-7-13/h2-10,12,16,18-19H,11H2,1H3. The van der Waals surface area contributed by atoms with Gasteiger partial charge in [0.05, 0.1) is 12.6 Å². The number of aliphatic hydroxyl groups excluding tert-OH is 1. The van der Waals surface area contributed by atoms with Crippen LogP contribution in [0, 0.1) is 0 Å². The molecule has 0 aliphatic heterocycles. The largest absolute Gasteiger partial charge is 0.394 e. The van der Waals surface area contributed by atoms with Gasteiger partial charge in [0, 0.05) is 10.5 Å². The normalized spacial score (nSPS) is 14.1. The molecule has 0 spiro atoms. The molecule has 0 radical (unpaired) electrons. The van der Waals surface area contributed by atoms with Crippen LogP contribution in [0.15, 0.2) is 59.1 Å². The predicted molar refractivity (Wildman–Crippen MR) is 82.0 cm³/mol. The monoisotopic (exact) mass is 319 g/mol. The van der Waals surface area contributed by atoms with E-state index >= 15 is 0 Å². The maximum absolute atomic E-state index is 9.56. The number of hydrogen-bond donors (Lipinski definition) is 2. The lowest BCUT2D eigenvalue weighted by Crippen LogP contribution is -2.27. The van der Waals surface area contributed by atoms with Gasteiger partial charge in [-0.25, -0.2) is 0 Å². The second-order valence-corrected chi connectivity index (χ2v) is 5.50. The van der Waals surface area contributed by atoms with Crippen molar-refractivity contribution in [2.24, 2.45) is 0 Å². The molecule has 3 heteroatoms. The maximum atomic E-state index is 9.56. The molecule has 2 N–H and O–H groups in total. The second kappa shape index (κ2) is 6.85. The predicted octanol–water partition coefficient (Wildman–Crippen LogP) is 3.83. The molecule has 0 aliphatic rings. The van der Waals surface area contributed by atoms with Gasteiger partial charge in [-0.05, 0) is 30.2 Å². The first-order valence-corrected chi connectivity index (χ1v) is 7.17. The Bertz CT molecular complexity index is 515. The van der Waals surface area contributed by atoms with Crippen molar-refractivity contribution >= 4 is 15.9 Å². The lowest BCUT2D eigenvalue weighted by Gasteiger charge is -2.22. The van der Waals surface area contributed by atoms with Crippen molar-refractivity contribution in [3.63, 3.8) is 0 Å². The number of benzene rings is 2. The first-order valence-electron chi connectivity index (χ1n) is 6.38. The average Bonchev–Trinajstić information content (AvgIpc) is 2.45. The molecule has 0 saturated carbocycles. The van der Waals surface area contributed by atoms with Gasteiger partial charge in [-0.15, -0.1) is 0 Å². The number of halogens is 1. The summed E-state index contributed by atoms with van der Waals surface area (Å²) in [6.45, 7) is 2.19. The summed E-state index contributed by atoms with van der Waals surface area (Å²) in [6, 6.07) is 18.4. The number of nitrogens with one attached hydrogen (secondary N) is 1. The molecule has 2 rings (SSSR count). The van der Waals surface area contributed by atoms with E-state index in [4.69, 9.17) is 0 Å². The maximum Gasteiger partial charge on any atom is 0.0626 e. The summed E-state index contributed by atoms with van der Waals surface area (Å²) in [5.74, 6) is 0. The first kappa shape index (κ1) is 14.3. The zero-order valence-corrected chi connectivity index (χ0v) is 12.5. The van der Waals surface area contributed by atoms with Gasteiger partial charge in [0.15, 0.2) is 0 Å². The van der Waals surface area contributed by atoms with E-state index in [1.165, 1.54) is 5.56 Å². The highest BCUT2D eigenvalue weighted by Crippen LogP contribution is 2.21. The highest BCUT2D eigenvalue weighted by molar-refractivity contribution is 9.10. The van der Waals surface area contributed by atoms with Gasteiger partial charge in [-0.2, -0.15) is 0 Å². The second-order valence-electron chi connectivity index (χ2n) is 4.59. The van der Waals surface area contributed by atoms with Gasteiger partial charge in [0.1, 0.15) is 0 Å². The van der Waals surface area contributed by atoms with Crippen LogP contribution in [0.4, 0.5) is 0 Å². The summed E-state index contributed by atoms with van der Waals surface area (Å²) in [5, 5.41) is 13.0. The van der Waals surface area contributed by atoms with Crippen LogP contribution in [-0.2, 0) is 0 Å². The third-order valence-corrected chi connectivity index (χ3v) is 3.68. The molecule has 0 bridgehead atoms. The Balaban J connectivity index is 2.10. The molecule has 2 nitrogen and oxygen atoms in total. The summed E-state index contributed by atoms with van der Waals surface area (Å²) >= 11 is 3.48. The summed E-state index contributed by atoms with van der Waals surface area (Å²) in [7, 11) is 0. The van der Waals surface area contributed by atoms with Crippen molar-refractivity contribution < 1.29 is 5.11 Å². The summed E-state index contributed by atoms with van der Waals surface area (Å²) in [5.41, 5.74) is 2.30. The smallest absolute Gasteiger partial charge is 0.0626 e. The zero-order chi connectivity index (χ0) is 13.7. The van der Waals surface area contributed by atoms with E-state index in [1.807, 2.05) is 42.5 Å². The molecule has 2 aromatic carbocycles. The number of rotatable bonds is 5. The first-order chi connectivity index (χ1) is 9.20. The molecule has 0 amide bonds. The molecule has 2 atom stereocenters. The van der Waals surface area contributed by atoms with E-state index in [2.05, 4.69) is 40.3 Å². The highest BCUT2D eigenvalue weighted by atomic mass is 79.9. The summed E-state index contributed by atoms with van der Waals surface area (Å²) in [4.78, 5) is 0. The number of hydrogen-bond acceptors (Lipinski definition) is 2. The molecular weight excluding hydrogens is 302 g/mol. The average molecular weight is 320 g/mol. The Morgan fingerprint density at radius 2 is 1.74 bits per heavy atom. The molecular formula is C16H18BrNO. The van der Waals surface area contributed by atoms with Crippen LogP contribution in [0.2, 0.25) is 0 Å². The minimum absolute atomic E-state index is 0.0461. The molecule has 0 saturated heterocycles. The van der Waals surface area contributed by atoms with Crippen LogP contribution < -0.4 is 5.32 Å². The van der Waals surface area contributed by atoms with Gasteiger partial charge in [-0.1, -0.05) is 58.4 Å². The number of aliphatic hydroxyl groups is 1. The highest BCUT2D eigenvalue weighted by Gasteiger charge is 2.14. The Morgan fingerprint density at radius 3 is 2.37 bits per heavy atom. The molecule has 2 aromatic rings. The van der Waals surface area contributed by atoms with Gasteiger partial charge >= 0.3 is 0 Å². The Morgan fingerprint density at radius 1 is 1.05 bits per heavy atom. The summed E-state index contributed by atoms with van der Waals surface area (Å²) in [6.07, 6.45) is 0. The summed E-state index contributed by atoms with van der Waals surface area (Å²) < 4.78 is 1.07. The van der Waals surface area contributed by atoms with Gasteiger partial charge < -0.3 is 10.4 Å². The van der Waals surface area contributed by atoms with E-state index in [9.17, 15) is 5.11 Å². The third kappa shape index (κ3) is 3.90. The molecule has 2 unspecified atom stereocenters. The Hall–Kier alpha value is -1.16. The lowest BCUT2D eigenvalue weighted by molar-refractivity contribution is 0.235.